The van der Waals surface area contributed by atoms with Crippen molar-refractivity contribution < 1.29 is 9.53 Å². The second-order valence-corrected chi connectivity index (χ2v) is 5.10. The van der Waals surface area contributed by atoms with Crippen LogP contribution in [-0.2, 0) is 4.74 Å². The van der Waals surface area contributed by atoms with E-state index in [4.69, 9.17) is 4.74 Å². The number of amides is 2. The van der Waals surface area contributed by atoms with Gasteiger partial charge in [-0.05, 0) is 38.0 Å². The first-order valence-corrected chi connectivity index (χ1v) is 7.77. The third kappa shape index (κ3) is 5.37. The molecule has 2 amide bonds. The molecule has 0 saturated carbocycles. The van der Waals surface area contributed by atoms with Gasteiger partial charge in [0.05, 0.1) is 11.7 Å². The first-order valence-electron chi connectivity index (χ1n) is 7.77. The van der Waals surface area contributed by atoms with E-state index in [-0.39, 0.29) is 12.1 Å². The average molecular weight is 317 g/mol. The molecule has 0 radical (unpaired) electrons. The molecule has 0 bridgehead atoms. The number of hydrogen-bond donors (Lipinski definition) is 2. The summed E-state index contributed by atoms with van der Waals surface area (Å²) < 4.78 is 6.91. The summed E-state index contributed by atoms with van der Waals surface area (Å²) in [5.74, 6) is 0. The predicted molar refractivity (Wildman–Crippen MR) is 87.4 cm³/mol. The monoisotopic (exact) mass is 317 g/mol. The lowest BCUT2D eigenvalue weighted by Crippen LogP contribution is -2.37. The van der Waals surface area contributed by atoms with E-state index in [2.05, 4.69) is 20.7 Å². The summed E-state index contributed by atoms with van der Waals surface area (Å²) in [6, 6.07) is 7.58. The minimum atomic E-state index is -0.172. The summed E-state index contributed by atoms with van der Waals surface area (Å²) in [4.78, 5) is 15.7. The Hall–Kier alpha value is -2.41. The summed E-state index contributed by atoms with van der Waals surface area (Å²) in [6.07, 6.45) is 3.95. The molecular weight excluding hydrogens is 294 g/mol. The quantitative estimate of drug-likeness (QED) is 0.730. The van der Waals surface area contributed by atoms with Gasteiger partial charge in [0.15, 0.2) is 0 Å². The van der Waals surface area contributed by atoms with Crippen LogP contribution in [-0.4, -0.2) is 40.6 Å². The smallest absolute Gasteiger partial charge is 0.315 e. The minimum Gasteiger partial charge on any atom is -0.382 e. The highest BCUT2D eigenvalue weighted by Crippen LogP contribution is 2.14. The average Bonchev–Trinajstić information content (AvgIpc) is 3.09. The molecule has 1 aromatic heterocycles. The van der Waals surface area contributed by atoms with Gasteiger partial charge >= 0.3 is 6.03 Å². The molecule has 0 unspecified atom stereocenters. The fourth-order valence-corrected chi connectivity index (χ4v) is 2.11. The normalized spacial score (nSPS) is 11.9. The van der Waals surface area contributed by atoms with Gasteiger partial charge in [-0.2, -0.15) is 5.10 Å². The number of carbonyl (C=O) groups is 1. The molecular formula is C16H23N5O2. The van der Waals surface area contributed by atoms with Gasteiger partial charge in [-0.1, -0.05) is 12.1 Å². The first kappa shape index (κ1) is 17.0. The Balaban J connectivity index is 1.78. The number of benzene rings is 1. The number of hydrogen-bond acceptors (Lipinski definition) is 4. The standard InChI is InChI=1S/C16H23N5O2/c1-3-23-10-4-9-18-16(22)20-13(2)14-5-7-15(8-6-14)21-12-17-11-19-21/h5-8,11-13H,3-4,9-10H2,1-2H3,(H2,18,20,22)/t13-/m0/s1. The van der Waals surface area contributed by atoms with Crippen molar-refractivity contribution in [2.24, 2.45) is 0 Å². The number of urea groups is 1. The third-order valence-corrected chi connectivity index (χ3v) is 3.38. The van der Waals surface area contributed by atoms with Crippen molar-refractivity contribution in [3.05, 3.63) is 42.5 Å². The van der Waals surface area contributed by atoms with Gasteiger partial charge in [-0.15, -0.1) is 0 Å². The molecule has 7 heteroatoms. The van der Waals surface area contributed by atoms with Gasteiger partial charge in [0.2, 0.25) is 0 Å². The van der Waals surface area contributed by atoms with Crippen molar-refractivity contribution in [2.75, 3.05) is 19.8 Å². The van der Waals surface area contributed by atoms with Crippen LogP contribution in [0.2, 0.25) is 0 Å². The van der Waals surface area contributed by atoms with Crippen LogP contribution < -0.4 is 10.6 Å². The van der Waals surface area contributed by atoms with E-state index in [1.165, 1.54) is 6.33 Å². The van der Waals surface area contributed by atoms with Gasteiger partial charge in [0.1, 0.15) is 12.7 Å². The Kier molecular flexibility index (Phi) is 6.56. The highest BCUT2D eigenvalue weighted by molar-refractivity contribution is 5.74. The van der Waals surface area contributed by atoms with Crippen LogP contribution in [0.5, 0.6) is 0 Å². The highest BCUT2D eigenvalue weighted by Gasteiger charge is 2.09. The predicted octanol–water partition coefficient (Wildman–Crippen LogP) is 2.05. The Morgan fingerprint density at radius 3 is 2.78 bits per heavy atom. The number of nitrogens with one attached hydrogen (secondary N) is 2. The Labute approximate surface area is 136 Å². The fourth-order valence-electron chi connectivity index (χ4n) is 2.11. The van der Waals surface area contributed by atoms with E-state index >= 15 is 0 Å². The summed E-state index contributed by atoms with van der Waals surface area (Å²) in [7, 11) is 0. The summed E-state index contributed by atoms with van der Waals surface area (Å²) >= 11 is 0. The van der Waals surface area contributed by atoms with Crippen LogP contribution in [0.15, 0.2) is 36.9 Å². The fraction of sp³-hybridized carbons (Fsp3) is 0.438. The lowest BCUT2D eigenvalue weighted by atomic mass is 10.1. The van der Waals surface area contributed by atoms with Gasteiger partial charge in [0.25, 0.3) is 0 Å². The van der Waals surface area contributed by atoms with Crippen molar-refractivity contribution in [3.8, 4) is 5.69 Å². The summed E-state index contributed by atoms with van der Waals surface area (Å²) in [5.41, 5.74) is 1.96. The Morgan fingerprint density at radius 1 is 1.35 bits per heavy atom. The molecule has 2 N–H and O–H groups in total. The SMILES string of the molecule is CCOCCCNC(=O)N[C@@H](C)c1ccc(-n2cncn2)cc1. The topological polar surface area (TPSA) is 81.1 Å². The number of nitrogens with zero attached hydrogens (tertiary/aromatic N) is 3. The van der Waals surface area contributed by atoms with Crippen LogP contribution in [0.3, 0.4) is 0 Å². The maximum atomic E-state index is 11.8. The maximum Gasteiger partial charge on any atom is 0.315 e. The number of rotatable bonds is 8. The van der Waals surface area contributed by atoms with E-state index in [0.717, 1.165) is 17.7 Å². The van der Waals surface area contributed by atoms with Gasteiger partial charge in [-0.3, -0.25) is 0 Å². The van der Waals surface area contributed by atoms with Crippen molar-refractivity contribution in [1.29, 1.82) is 0 Å². The van der Waals surface area contributed by atoms with E-state index in [9.17, 15) is 4.79 Å². The second kappa shape index (κ2) is 8.89. The van der Waals surface area contributed by atoms with Crippen LogP contribution in [0.1, 0.15) is 31.9 Å². The lowest BCUT2D eigenvalue weighted by molar-refractivity contribution is 0.145. The molecule has 1 heterocycles. The van der Waals surface area contributed by atoms with Gasteiger partial charge in [0, 0.05) is 19.8 Å². The molecule has 1 aromatic carbocycles. The van der Waals surface area contributed by atoms with Crippen molar-refractivity contribution >= 4 is 6.03 Å². The molecule has 2 aromatic rings. The molecule has 0 fully saturated rings. The second-order valence-electron chi connectivity index (χ2n) is 5.10. The molecule has 23 heavy (non-hydrogen) atoms. The van der Waals surface area contributed by atoms with E-state index in [0.29, 0.717) is 19.8 Å². The Morgan fingerprint density at radius 2 is 2.13 bits per heavy atom. The number of aromatic nitrogens is 3. The van der Waals surface area contributed by atoms with E-state index in [1.54, 1.807) is 11.0 Å². The van der Waals surface area contributed by atoms with Crippen LogP contribution in [0, 0.1) is 0 Å². The molecule has 0 spiro atoms. The van der Waals surface area contributed by atoms with Gasteiger partial charge in [-0.25, -0.2) is 14.5 Å². The summed E-state index contributed by atoms with van der Waals surface area (Å²) in [5, 5.41) is 9.82. The largest absolute Gasteiger partial charge is 0.382 e. The first-order chi connectivity index (χ1) is 11.2. The zero-order chi connectivity index (χ0) is 16.5. The lowest BCUT2D eigenvalue weighted by Gasteiger charge is -2.15. The Bertz CT molecular complexity index is 583. The molecule has 0 aliphatic carbocycles. The molecule has 1 atom stereocenters. The summed E-state index contributed by atoms with van der Waals surface area (Å²) in [6.45, 7) is 5.87. The molecule has 124 valence electrons. The van der Waals surface area contributed by atoms with Gasteiger partial charge < -0.3 is 15.4 Å². The number of ether oxygens (including phenoxy) is 1. The highest BCUT2D eigenvalue weighted by atomic mass is 16.5. The van der Waals surface area contributed by atoms with Crippen LogP contribution in [0.25, 0.3) is 5.69 Å². The molecule has 0 aliphatic heterocycles. The zero-order valence-electron chi connectivity index (χ0n) is 13.5. The van der Waals surface area contributed by atoms with Crippen molar-refractivity contribution in [2.45, 2.75) is 26.3 Å². The van der Waals surface area contributed by atoms with Crippen LogP contribution in [0.4, 0.5) is 4.79 Å². The molecule has 0 aliphatic rings. The van der Waals surface area contributed by atoms with Crippen molar-refractivity contribution in [1.82, 2.24) is 25.4 Å². The maximum absolute atomic E-state index is 11.8. The van der Waals surface area contributed by atoms with E-state index in [1.807, 2.05) is 38.1 Å². The molecule has 2 rings (SSSR count). The number of carbonyl (C=O) groups excluding carboxylic acids is 1. The minimum absolute atomic E-state index is 0.0771. The molecule has 7 nitrogen and oxygen atoms in total. The van der Waals surface area contributed by atoms with E-state index < -0.39 is 0 Å². The zero-order valence-corrected chi connectivity index (χ0v) is 13.5. The van der Waals surface area contributed by atoms with Crippen LogP contribution >= 0.6 is 0 Å². The molecule has 0 saturated heterocycles. The third-order valence-electron chi connectivity index (χ3n) is 3.38. The van der Waals surface area contributed by atoms with Crippen molar-refractivity contribution in [3.63, 3.8) is 0 Å².